The van der Waals surface area contributed by atoms with Gasteiger partial charge in [0.1, 0.15) is 12.4 Å². The second kappa shape index (κ2) is 10.2. The van der Waals surface area contributed by atoms with Gasteiger partial charge in [0.15, 0.2) is 6.61 Å². The summed E-state index contributed by atoms with van der Waals surface area (Å²) in [6.45, 7) is 2.25. The lowest BCUT2D eigenvalue weighted by atomic mass is 10.2. The molecule has 0 spiro atoms. The Kier molecular flexibility index (Phi) is 7.64. The van der Waals surface area contributed by atoms with Crippen LogP contribution < -0.4 is 10.1 Å². The van der Waals surface area contributed by atoms with Crippen LogP contribution in [0.3, 0.4) is 0 Å². The van der Waals surface area contributed by atoms with Gasteiger partial charge in [-0.3, -0.25) is 4.79 Å². The molecular formula is C20H23NO5. The molecule has 0 fully saturated rings. The van der Waals surface area contributed by atoms with E-state index in [1.807, 2.05) is 30.3 Å². The molecule has 138 valence electrons. The Balaban J connectivity index is 1.84. The van der Waals surface area contributed by atoms with Crippen LogP contribution in [0.1, 0.15) is 22.8 Å². The summed E-state index contributed by atoms with van der Waals surface area (Å²) in [4.78, 5) is 23.8. The van der Waals surface area contributed by atoms with Crippen LogP contribution in [0.5, 0.6) is 5.75 Å². The van der Waals surface area contributed by atoms with Crippen molar-refractivity contribution in [2.24, 2.45) is 0 Å². The summed E-state index contributed by atoms with van der Waals surface area (Å²) in [5.74, 6) is -0.398. The number of nitrogens with one attached hydrogen (secondary N) is 1. The topological polar surface area (TPSA) is 73.9 Å². The van der Waals surface area contributed by atoms with Crippen molar-refractivity contribution >= 4 is 11.9 Å². The highest BCUT2D eigenvalue weighted by atomic mass is 16.5. The van der Waals surface area contributed by atoms with E-state index >= 15 is 0 Å². The Bertz CT molecular complexity index is 717. The van der Waals surface area contributed by atoms with Gasteiger partial charge in [0, 0.05) is 13.2 Å². The molecule has 0 bridgehead atoms. The Morgan fingerprint density at radius 1 is 1.08 bits per heavy atom. The number of methoxy groups -OCH3 is 1. The molecule has 0 aliphatic heterocycles. The lowest BCUT2D eigenvalue weighted by Crippen LogP contribution is -2.38. The Hall–Kier alpha value is -2.86. The van der Waals surface area contributed by atoms with Crippen molar-refractivity contribution in [3.05, 3.63) is 65.7 Å². The first-order valence-electron chi connectivity index (χ1n) is 8.30. The molecule has 2 aromatic carbocycles. The van der Waals surface area contributed by atoms with Gasteiger partial charge in [-0.05, 0) is 30.7 Å². The van der Waals surface area contributed by atoms with Crippen LogP contribution in [-0.2, 0) is 20.9 Å². The van der Waals surface area contributed by atoms with Crippen LogP contribution in [-0.4, -0.2) is 38.2 Å². The van der Waals surface area contributed by atoms with E-state index in [1.54, 1.807) is 38.3 Å². The van der Waals surface area contributed by atoms with Gasteiger partial charge in [0.05, 0.1) is 12.2 Å². The van der Waals surface area contributed by atoms with Gasteiger partial charge in [0.2, 0.25) is 0 Å². The summed E-state index contributed by atoms with van der Waals surface area (Å²) in [5.41, 5.74) is 1.36. The molecule has 0 saturated heterocycles. The van der Waals surface area contributed by atoms with Gasteiger partial charge in [-0.1, -0.05) is 36.4 Å². The maximum Gasteiger partial charge on any atom is 0.338 e. The van der Waals surface area contributed by atoms with E-state index < -0.39 is 5.97 Å². The quantitative estimate of drug-likeness (QED) is 0.698. The average molecular weight is 357 g/mol. The van der Waals surface area contributed by atoms with Crippen molar-refractivity contribution < 1.29 is 23.8 Å². The lowest BCUT2D eigenvalue weighted by Gasteiger charge is -2.13. The minimum absolute atomic E-state index is 0.152. The number of amides is 1. The zero-order valence-electron chi connectivity index (χ0n) is 14.9. The summed E-state index contributed by atoms with van der Waals surface area (Å²) in [6.07, 6.45) is 0. The molecule has 2 rings (SSSR count). The van der Waals surface area contributed by atoms with Gasteiger partial charge >= 0.3 is 5.97 Å². The summed E-state index contributed by atoms with van der Waals surface area (Å²) in [5, 5.41) is 2.67. The van der Waals surface area contributed by atoms with Crippen LogP contribution in [0.25, 0.3) is 0 Å². The van der Waals surface area contributed by atoms with E-state index in [0.29, 0.717) is 24.5 Å². The number of rotatable bonds is 9. The number of hydrogen-bond acceptors (Lipinski definition) is 5. The highest BCUT2D eigenvalue weighted by Gasteiger charge is 2.12. The van der Waals surface area contributed by atoms with Gasteiger partial charge in [0.25, 0.3) is 5.91 Å². The number of carbonyl (C=O) groups excluding carboxylic acids is 2. The Labute approximate surface area is 153 Å². The summed E-state index contributed by atoms with van der Waals surface area (Å²) >= 11 is 0. The molecule has 0 radical (unpaired) electrons. The highest BCUT2D eigenvalue weighted by Crippen LogP contribution is 2.16. The van der Waals surface area contributed by atoms with Crippen LogP contribution in [0.15, 0.2) is 54.6 Å². The predicted molar refractivity (Wildman–Crippen MR) is 97.0 cm³/mol. The van der Waals surface area contributed by atoms with E-state index in [0.717, 1.165) is 5.56 Å². The molecule has 0 heterocycles. The first-order valence-corrected chi connectivity index (χ1v) is 8.30. The molecular weight excluding hydrogens is 334 g/mol. The first kappa shape index (κ1) is 19.5. The molecule has 26 heavy (non-hydrogen) atoms. The zero-order valence-corrected chi connectivity index (χ0v) is 14.9. The number of carbonyl (C=O) groups is 2. The van der Waals surface area contributed by atoms with Crippen LogP contribution in [0, 0.1) is 0 Å². The molecule has 0 saturated carbocycles. The second-order valence-electron chi connectivity index (χ2n) is 5.80. The standard InChI is InChI=1S/C20H23NO5/c1-15(12-24-2)21-19(22)14-26-20(23)17-9-6-10-18(11-17)25-13-16-7-4-3-5-8-16/h3-11,15H,12-14H2,1-2H3,(H,21,22). The molecule has 0 aliphatic rings. The Morgan fingerprint density at radius 2 is 1.85 bits per heavy atom. The zero-order chi connectivity index (χ0) is 18.8. The molecule has 0 aromatic heterocycles. The van der Waals surface area contributed by atoms with E-state index in [4.69, 9.17) is 14.2 Å². The molecule has 1 unspecified atom stereocenters. The van der Waals surface area contributed by atoms with Gasteiger partial charge in [-0.15, -0.1) is 0 Å². The van der Waals surface area contributed by atoms with Gasteiger partial charge < -0.3 is 19.5 Å². The van der Waals surface area contributed by atoms with E-state index in [2.05, 4.69) is 5.32 Å². The van der Waals surface area contributed by atoms with E-state index in [1.165, 1.54) is 0 Å². The summed E-state index contributed by atoms with van der Waals surface area (Å²) in [6, 6.07) is 16.3. The van der Waals surface area contributed by atoms with Crippen molar-refractivity contribution in [3.8, 4) is 5.75 Å². The SMILES string of the molecule is COCC(C)NC(=O)COC(=O)c1cccc(OCc2ccccc2)c1. The van der Waals surface area contributed by atoms with Gasteiger partial charge in [-0.2, -0.15) is 0 Å². The third-order valence-corrected chi connectivity index (χ3v) is 3.48. The normalized spacial score (nSPS) is 11.5. The third-order valence-electron chi connectivity index (χ3n) is 3.48. The number of esters is 1. The van der Waals surface area contributed by atoms with Crippen molar-refractivity contribution in [2.45, 2.75) is 19.6 Å². The summed E-state index contributed by atoms with van der Waals surface area (Å²) < 4.78 is 15.7. The maximum atomic E-state index is 12.1. The molecule has 1 N–H and O–H groups in total. The fourth-order valence-corrected chi connectivity index (χ4v) is 2.28. The van der Waals surface area contributed by atoms with Gasteiger partial charge in [-0.25, -0.2) is 4.79 Å². The lowest BCUT2D eigenvalue weighted by molar-refractivity contribution is -0.125. The first-order chi connectivity index (χ1) is 12.6. The van der Waals surface area contributed by atoms with Crippen molar-refractivity contribution in [3.63, 3.8) is 0 Å². The molecule has 1 amide bonds. The Morgan fingerprint density at radius 3 is 2.58 bits per heavy atom. The van der Waals surface area contributed by atoms with Crippen molar-refractivity contribution in [2.75, 3.05) is 20.3 Å². The maximum absolute atomic E-state index is 12.1. The van der Waals surface area contributed by atoms with Crippen LogP contribution >= 0.6 is 0 Å². The average Bonchev–Trinajstić information content (AvgIpc) is 2.65. The third kappa shape index (κ3) is 6.57. The monoisotopic (exact) mass is 357 g/mol. The number of ether oxygens (including phenoxy) is 3. The largest absolute Gasteiger partial charge is 0.489 e. The van der Waals surface area contributed by atoms with E-state index in [-0.39, 0.29) is 18.6 Å². The van der Waals surface area contributed by atoms with Crippen LogP contribution in [0.2, 0.25) is 0 Å². The molecule has 2 aromatic rings. The predicted octanol–water partition coefficient (Wildman–Crippen LogP) is 2.57. The fourth-order valence-electron chi connectivity index (χ4n) is 2.28. The second-order valence-corrected chi connectivity index (χ2v) is 5.80. The minimum atomic E-state index is -0.579. The fraction of sp³-hybridized carbons (Fsp3) is 0.300. The summed E-state index contributed by atoms with van der Waals surface area (Å²) in [7, 11) is 1.55. The van der Waals surface area contributed by atoms with Crippen LogP contribution in [0.4, 0.5) is 0 Å². The van der Waals surface area contributed by atoms with Crippen molar-refractivity contribution in [1.29, 1.82) is 0 Å². The molecule has 6 nitrogen and oxygen atoms in total. The number of hydrogen-bond donors (Lipinski definition) is 1. The smallest absolute Gasteiger partial charge is 0.338 e. The molecule has 0 aliphatic carbocycles. The highest BCUT2D eigenvalue weighted by molar-refractivity contribution is 5.91. The van der Waals surface area contributed by atoms with E-state index in [9.17, 15) is 9.59 Å². The number of benzene rings is 2. The van der Waals surface area contributed by atoms with Crippen molar-refractivity contribution in [1.82, 2.24) is 5.32 Å². The molecule has 1 atom stereocenters. The minimum Gasteiger partial charge on any atom is -0.489 e. The molecule has 6 heteroatoms.